The number of nitrogens with zero attached hydrogens (tertiary/aromatic N) is 4. The van der Waals surface area contributed by atoms with E-state index in [1.54, 1.807) is 23.1 Å². The summed E-state index contributed by atoms with van der Waals surface area (Å²) in [6.07, 6.45) is 3.03. The van der Waals surface area contributed by atoms with Crippen LogP contribution in [0.25, 0.3) is 11.3 Å². The Bertz CT molecular complexity index is 1030. The zero-order valence-corrected chi connectivity index (χ0v) is 19.1. The first-order chi connectivity index (χ1) is 15.6. The minimum Gasteiger partial charge on any atom is -0.444 e. The number of benzene rings is 1. The quantitative estimate of drug-likeness (QED) is 0.537. The molecule has 2 aromatic rings. The number of aromatic amines is 1. The van der Waals surface area contributed by atoms with Crippen molar-refractivity contribution in [1.29, 1.82) is 0 Å². The van der Waals surface area contributed by atoms with Gasteiger partial charge < -0.3 is 14.5 Å². The lowest BCUT2D eigenvalue weighted by molar-refractivity contribution is -0.384. The lowest BCUT2D eigenvalue weighted by atomic mass is 10.0. The molecule has 33 heavy (non-hydrogen) atoms. The van der Waals surface area contributed by atoms with E-state index in [1.165, 1.54) is 12.1 Å². The van der Waals surface area contributed by atoms with Crippen molar-refractivity contribution in [2.75, 3.05) is 13.1 Å². The summed E-state index contributed by atoms with van der Waals surface area (Å²) in [5.41, 5.74) is 1.11. The first kappa shape index (κ1) is 22.8. The number of ether oxygens (including phenoxy) is 1. The van der Waals surface area contributed by atoms with Crippen molar-refractivity contribution in [1.82, 2.24) is 20.0 Å². The molecule has 1 aromatic carbocycles. The van der Waals surface area contributed by atoms with Crippen molar-refractivity contribution in [2.24, 2.45) is 0 Å². The Morgan fingerprint density at radius 3 is 2.27 bits per heavy atom. The average Bonchev–Trinajstić information content (AvgIpc) is 3.47. The highest BCUT2D eigenvalue weighted by atomic mass is 16.6. The molecule has 2 amide bonds. The van der Waals surface area contributed by atoms with Gasteiger partial charge in [0, 0.05) is 42.9 Å². The Kier molecular flexibility index (Phi) is 6.09. The van der Waals surface area contributed by atoms with Crippen molar-refractivity contribution < 1.29 is 19.2 Å². The van der Waals surface area contributed by atoms with E-state index >= 15 is 0 Å². The molecular weight excluding hydrogens is 426 g/mol. The van der Waals surface area contributed by atoms with E-state index < -0.39 is 10.5 Å². The van der Waals surface area contributed by atoms with Crippen molar-refractivity contribution in [2.45, 2.75) is 64.1 Å². The summed E-state index contributed by atoms with van der Waals surface area (Å²) >= 11 is 0. The minimum atomic E-state index is -0.536. The molecule has 2 heterocycles. The largest absolute Gasteiger partial charge is 0.444 e. The van der Waals surface area contributed by atoms with Crippen LogP contribution >= 0.6 is 0 Å². The maximum absolute atomic E-state index is 13.4. The second-order valence-corrected chi connectivity index (χ2v) is 9.61. The van der Waals surface area contributed by atoms with E-state index in [0.717, 1.165) is 12.8 Å². The molecule has 0 bridgehead atoms. The number of rotatable bonds is 5. The van der Waals surface area contributed by atoms with E-state index in [1.807, 2.05) is 25.7 Å². The Labute approximate surface area is 192 Å². The number of carbonyl (C=O) groups is 2. The van der Waals surface area contributed by atoms with Gasteiger partial charge in [0.1, 0.15) is 11.3 Å². The Morgan fingerprint density at radius 1 is 1.12 bits per heavy atom. The molecule has 0 atom stereocenters. The molecule has 1 N–H and O–H groups in total. The summed E-state index contributed by atoms with van der Waals surface area (Å²) < 4.78 is 5.47. The molecule has 176 valence electrons. The van der Waals surface area contributed by atoms with Crippen molar-refractivity contribution in [3.05, 3.63) is 46.1 Å². The summed E-state index contributed by atoms with van der Waals surface area (Å²) in [6.45, 7) is 6.64. The van der Waals surface area contributed by atoms with Crippen molar-refractivity contribution in [3.63, 3.8) is 0 Å². The van der Waals surface area contributed by atoms with Crippen molar-refractivity contribution in [3.8, 4) is 11.3 Å². The summed E-state index contributed by atoms with van der Waals surface area (Å²) in [7, 11) is 0. The van der Waals surface area contributed by atoms with E-state index in [9.17, 15) is 19.7 Å². The highest BCUT2D eigenvalue weighted by molar-refractivity contribution is 5.94. The highest BCUT2D eigenvalue weighted by Gasteiger charge is 2.40. The third-order valence-corrected chi connectivity index (χ3v) is 5.87. The molecule has 1 aliphatic carbocycles. The number of amides is 2. The first-order valence-corrected chi connectivity index (χ1v) is 11.2. The monoisotopic (exact) mass is 455 g/mol. The van der Waals surface area contributed by atoms with Crippen LogP contribution in [0, 0.1) is 10.1 Å². The van der Waals surface area contributed by atoms with Crippen LogP contribution in [0.2, 0.25) is 0 Å². The SMILES string of the molecule is CC(C)(C)OC(=O)N1CCC(N(C(=O)c2cc(-c3ccc([N+](=O)[O-])cc3)n[nH]2)C2CC2)CC1. The smallest absolute Gasteiger partial charge is 0.410 e. The Hall–Kier alpha value is -3.43. The number of hydrogen-bond acceptors (Lipinski definition) is 6. The molecule has 4 rings (SSSR count). The van der Waals surface area contributed by atoms with Crippen molar-refractivity contribution >= 4 is 17.7 Å². The number of likely N-dealkylation sites (tertiary alicyclic amines) is 1. The van der Waals surface area contributed by atoms with Crippen LogP contribution in [0.4, 0.5) is 10.5 Å². The molecule has 1 saturated heterocycles. The molecule has 2 fully saturated rings. The summed E-state index contributed by atoms with van der Waals surface area (Å²) in [5, 5.41) is 17.9. The standard InChI is InChI=1S/C23H29N5O5/c1-23(2,3)33-22(30)26-12-10-17(11-13-26)27(16-8-9-16)21(29)20-14-19(24-25-20)15-4-6-18(7-5-15)28(31)32/h4-7,14,16-17H,8-13H2,1-3H3,(H,24,25). The van der Waals surface area contributed by atoms with E-state index in [4.69, 9.17) is 4.74 Å². The lowest BCUT2D eigenvalue weighted by Crippen LogP contribution is -2.50. The fourth-order valence-electron chi connectivity index (χ4n) is 4.11. The number of hydrogen-bond donors (Lipinski definition) is 1. The van der Waals surface area contributed by atoms with Gasteiger partial charge in [-0.3, -0.25) is 20.0 Å². The molecule has 0 unspecified atom stereocenters. The molecule has 1 aliphatic heterocycles. The van der Waals surface area contributed by atoms with Gasteiger partial charge in [-0.05, 0) is 64.7 Å². The summed E-state index contributed by atoms with van der Waals surface area (Å²) in [6, 6.07) is 8.02. The number of nitrogens with one attached hydrogen (secondary N) is 1. The number of non-ortho nitro benzene ring substituents is 1. The Balaban J connectivity index is 1.43. The van der Waals surface area contributed by atoms with Gasteiger partial charge in [0.05, 0.1) is 10.6 Å². The van der Waals surface area contributed by atoms with Crippen LogP contribution in [0.3, 0.4) is 0 Å². The number of nitro groups is 1. The minimum absolute atomic E-state index is 0.00298. The number of carbonyl (C=O) groups excluding carboxylic acids is 2. The summed E-state index contributed by atoms with van der Waals surface area (Å²) in [5.74, 6) is -0.103. The molecule has 1 aromatic heterocycles. The van der Waals surface area contributed by atoms with Gasteiger partial charge in [-0.25, -0.2) is 4.79 Å². The highest BCUT2D eigenvalue weighted by Crippen LogP contribution is 2.34. The molecule has 1 saturated carbocycles. The second kappa shape index (κ2) is 8.84. The molecular formula is C23H29N5O5. The predicted molar refractivity (Wildman–Crippen MR) is 121 cm³/mol. The second-order valence-electron chi connectivity index (χ2n) is 9.61. The van der Waals surface area contributed by atoms with Crippen LogP contribution < -0.4 is 0 Å². The zero-order valence-electron chi connectivity index (χ0n) is 19.1. The fraction of sp³-hybridized carbons (Fsp3) is 0.522. The van der Waals surface area contributed by atoms with Gasteiger partial charge in [0.15, 0.2) is 0 Å². The maximum atomic E-state index is 13.4. The van der Waals surface area contributed by atoms with Gasteiger partial charge in [0.25, 0.3) is 11.6 Å². The van der Waals surface area contributed by atoms with Gasteiger partial charge in [-0.15, -0.1) is 0 Å². The van der Waals surface area contributed by atoms with E-state index in [0.29, 0.717) is 42.9 Å². The average molecular weight is 456 g/mol. The topological polar surface area (TPSA) is 122 Å². The zero-order chi connectivity index (χ0) is 23.8. The third-order valence-electron chi connectivity index (χ3n) is 5.87. The van der Waals surface area contributed by atoms with Crippen LogP contribution in [0.5, 0.6) is 0 Å². The molecule has 10 heteroatoms. The summed E-state index contributed by atoms with van der Waals surface area (Å²) in [4.78, 5) is 39.8. The molecule has 10 nitrogen and oxygen atoms in total. The van der Waals surface area contributed by atoms with Crippen LogP contribution in [0.15, 0.2) is 30.3 Å². The van der Waals surface area contributed by atoms with E-state index in [-0.39, 0.29) is 29.8 Å². The van der Waals surface area contributed by atoms with Gasteiger partial charge in [-0.1, -0.05) is 0 Å². The van der Waals surface area contributed by atoms with Gasteiger partial charge >= 0.3 is 6.09 Å². The van der Waals surface area contributed by atoms with Crippen LogP contribution in [-0.4, -0.2) is 67.7 Å². The van der Waals surface area contributed by atoms with Crippen LogP contribution in [0.1, 0.15) is 56.9 Å². The first-order valence-electron chi connectivity index (χ1n) is 11.2. The fourth-order valence-corrected chi connectivity index (χ4v) is 4.11. The third kappa shape index (κ3) is 5.32. The lowest BCUT2D eigenvalue weighted by Gasteiger charge is -2.39. The number of piperidine rings is 1. The Morgan fingerprint density at radius 2 is 1.73 bits per heavy atom. The maximum Gasteiger partial charge on any atom is 0.410 e. The molecule has 0 spiro atoms. The number of H-pyrrole nitrogens is 1. The van der Waals surface area contributed by atoms with E-state index in [2.05, 4.69) is 10.2 Å². The number of nitro benzene ring substituents is 1. The van der Waals surface area contributed by atoms with Gasteiger partial charge in [-0.2, -0.15) is 5.10 Å². The normalized spacial score (nSPS) is 17.0. The molecule has 2 aliphatic rings. The number of aromatic nitrogens is 2. The molecule has 0 radical (unpaired) electrons. The van der Waals surface area contributed by atoms with Gasteiger partial charge in [0.2, 0.25) is 0 Å². The predicted octanol–water partition coefficient (Wildman–Crippen LogP) is 3.99. The van der Waals surface area contributed by atoms with Crippen LogP contribution in [-0.2, 0) is 4.74 Å².